The number of nitrogens with one attached hydrogen (secondary N) is 3. The predicted octanol–water partition coefficient (Wildman–Crippen LogP) is 2.72. The lowest BCUT2D eigenvalue weighted by molar-refractivity contribution is 0.0437. The van der Waals surface area contributed by atoms with Crippen molar-refractivity contribution < 1.29 is 14.3 Å². The second-order valence-corrected chi connectivity index (χ2v) is 7.95. The number of alkyl carbamates (subject to hydrolysis) is 1. The summed E-state index contributed by atoms with van der Waals surface area (Å²) in [6.45, 7) is 5.79. The Kier molecular flexibility index (Phi) is 6.45. The first-order chi connectivity index (χ1) is 12.2. The van der Waals surface area contributed by atoms with E-state index < -0.39 is 17.2 Å². The Morgan fingerprint density at radius 2 is 1.81 bits per heavy atom. The van der Waals surface area contributed by atoms with Gasteiger partial charge in [-0.1, -0.05) is 25.7 Å². The van der Waals surface area contributed by atoms with E-state index in [0.29, 0.717) is 12.1 Å². The molecule has 2 amide bonds. The van der Waals surface area contributed by atoms with Crippen molar-refractivity contribution in [2.45, 2.75) is 70.4 Å². The normalized spacial score (nSPS) is 17.0. The first kappa shape index (κ1) is 20.0. The van der Waals surface area contributed by atoms with Crippen LogP contribution < -0.4 is 16.2 Å². The number of ether oxygens (including phenoxy) is 1. The molecule has 0 aromatic carbocycles. The summed E-state index contributed by atoms with van der Waals surface area (Å²) in [5, 5.41) is 5.90. The first-order valence-corrected chi connectivity index (χ1v) is 9.17. The van der Waals surface area contributed by atoms with Crippen molar-refractivity contribution in [1.82, 2.24) is 15.6 Å². The summed E-state index contributed by atoms with van der Waals surface area (Å²) < 4.78 is 5.41. The minimum absolute atomic E-state index is 0.256. The molecule has 0 spiro atoms. The highest BCUT2D eigenvalue weighted by Crippen LogP contribution is 2.27. The molecule has 1 saturated carbocycles. The average Bonchev–Trinajstić information content (AvgIpc) is 2.77. The highest BCUT2D eigenvalue weighted by atomic mass is 16.6. The van der Waals surface area contributed by atoms with Crippen LogP contribution >= 0.6 is 0 Å². The Morgan fingerprint density at radius 1 is 1.15 bits per heavy atom. The molecule has 1 heterocycles. The van der Waals surface area contributed by atoms with Crippen molar-refractivity contribution in [2.75, 3.05) is 6.54 Å². The Bertz CT molecular complexity index is 662. The molecular weight excluding hydrogens is 334 g/mol. The average molecular weight is 363 g/mol. The number of carbonyl (C=O) groups excluding carboxylic acids is 2. The molecule has 0 aliphatic heterocycles. The van der Waals surface area contributed by atoms with Crippen LogP contribution in [0.25, 0.3) is 0 Å². The number of aromatic nitrogens is 1. The van der Waals surface area contributed by atoms with Gasteiger partial charge in [0.1, 0.15) is 5.60 Å². The maximum absolute atomic E-state index is 12.4. The standard InChI is InChI=1S/C19H29N3O4/c1-18(2,3)26-17(25)22-19(10-6-4-5-7-11-19)13-21-16(24)14-8-9-15(23)20-12-14/h8-9,12H,4-7,10-11,13H2,1-3H3,(H,20,23)(H,21,24)(H,22,25). The number of carbonyl (C=O) groups is 2. The third-order valence-corrected chi connectivity index (χ3v) is 4.46. The van der Waals surface area contributed by atoms with Crippen LogP contribution in [-0.2, 0) is 4.74 Å². The highest BCUT2D eigenvalue weighted by molar-refractivity contribution is 5.93. The second-order valence-electron chi connectivity index (χ2n) is 7.95. The summed E-state index contributed by atoms with van der Waals surface area (Å²) in [6, 6.07) is 2.80. The van der Waals surface area contributed by atoms with Crippen LogP contribution in [0.4, 0.5) is 4.79 Å². The van der Waals surface area contributed by atoms with Gasteiger partial charge in [0.2, 0.25) is 5.56 Å². The summed E-state index contributed by atoms with van der Waals surface area (Å²) >= 11 is 0. The highest BCUT2D eigenvalue weighted by Gasteiger charge is 2.34. The molecule has 0 atom stereocenters. The van der Waals surface area contributed by atoms with Gasteiger partial charge in [0, 0.05) is 18.8 Å². The van der Waals surface area contributed by atoms with Gasteiger partial charge in [-0.05, 0) is 39.7 Å². The number of aromatic amines is 1. The van der Waals surface area contributed by atoms with Crippen molar-refractivity contribution >= 4 is 12.0 Å². The van der Waals surface area contributed by atoms with E-state index >= 15 is 0 Å². The number of hydrogen-bond acceptors (Lipinski definition) is 4. The lowest BCUT2D eigenvalue weighted by Crippen LogP contribution is -2.56. The van der Waals surface area contributed by atoms with E-state index in [1.165, 1.54) is 18.3 Å². The number of hydrogen-bond donors (Lipinski definition) is 3. The summed E-state index contributed by atoms with van der Waals surface area (Å²) in [5.74, 6) is -0.282. The van der Waals surface area contributed by atoms with E-state index in [-0.39, 0.29) is 11.5 Å². The summed E-state index contributed by atoms with van der Waals surface area (Å²) in [7, 11) is 0. The van der Waals surface area contributed by atoms with Crippen molar-refractivity contribution in [3.8, 4) is 0 Å². The molecule has 0 radical (unpaired) electrons. The fourth-order valence-corrected chi connectivity index (χ4v) is 3.17. The SMILES string of the molecule is CC(C)(C)OC(=O)NC1(CNC(=O)c2ccc(=O)[nH]c2)CCCCCC1. The van der Waals surface area contributed by atoms with Crippen LogP contribution in [0.1, 0.15) is 69.7 Å². The quantitative estimate of drug-likeness (QED) is 0.716. The van der Waals surface area contributed by atoms with Crippen molar-refractivity contribution in [1.29, 1.82) is 0 Å². The summed E-state index contributed by atoms with van der Waals surface area (Å²) in [4.78, 5) is 38.3. The third kappa shape index (κ3) is 6.20. The van der Waals surface area contributed by atoms with Gasteiger partial charge in [-0.25, -0.2) is 4.79 Å². The van der Waals surface area contributed by atoms with Crippen molar-refractivity contribution in [3.63, 3.8) is 0 Å². The minimum atomic E-state index is -0.574. The zero-order valence-electron chi connectivity index (χ0n) is 15.8. The molecule has 0 bridgehead atoms. The molecule has 1 fully saturated rings. The van der Waals surface area contributed by atoms with Crippen molar-refractivity contribution in [3.05, 3.63) is 34.2 Å². The van der Waals surface area contributed by atoms with Gasteiger partial charge >= 0.3 is 6.09 Å². The molecule has 1 aromatic rings. The van der Waals surface area contributed by atoms with Crippen LogP contribution in [0.5, 0.6) is 0 Å². The predicted molar refractivity (Wildman–Crippen MR) is 99.2 cm³/mol. The molecule has 2 rings (SSSR count). The molecule has 26 heavy (non-hydrogen) atoms. The van der Waals surface area contributed by atoms with E-state index in [4.69, 9.17) is 4.74 Å². The Labute approximate surface area is 153 Å². The third-order valence-electron chi connectivity index (χ3n) is 4.46. The van der Waals surface area contributed by atoms with E-state index in [1.54, 1.807) is 0 Å². The molecule has 7 nitrogen and oxygen atoms in total. The number of rotatable bonds is 4. The van der Waals surface area contributed by atoms with E-state index in [9.17, 15) is 14.4 Å². The molecule has 1 aromatic heterocycles. The number of H-pyrrole nitrogens is 1. The van der Waals surface area contributed by atoms with Crippen LogP contribution in [0, 0.1) is 0 Å². The van der Waals surface area contributed by atoms with Gasteiger partial charge in [-0.15, -0.1) is 0 Å². The van der Waals surface area contributed by atoms with E-state index in [0.717, 1.165) is 38.5 Å². The van der Waals surface area contributed by atoms with E-state index in [1.807, 2.05) is 20.8 Å². The maximum Gasteiger partial charge on any atom is 0.408 e. The molecule has 3 N–H and O–H groups in total. The zero-order valence-corrected chi connectivity index (χ0v) is 15.8. The van der Waals surface area contributed by atoms with Crippen LogP contribution in [0.3, 0.4) is 0 Å². The molecule has 1 aliphatic rings. The molecule has 7 heteroatoms. The number of amides is 2. The fourth-order valence-electron chi connectivity index (χ4n) is 3.17. The second kappa shape index (κ2) is 8.38. The Morgan fingerprint density at radius 3 is 2.35 bits per heavy atom. The topological polar surface area (TPSA) is 100 Å². The van der Waals surface area contributed by atoms with Crippen LogP contribution in [0.2, 0.25) is 0 Å². The van der Waals surface area contributed by atoms with E-state index in [2.05, 4.69) is 15.6 Å². The summed E-state index contributed by atoms with van der Waals surface area (Å²) in [6.07, 6.45) is 6.72. The molecule has 0 saturated heterocycles. The Hall–Kier alpha value is -2.31. The smallest absolute Gasteiger partial charge is 0.408 e. The van der Waals surface area contributed by atoms with Gasteiger partial charge in [0.15, 0.2) is 0 Å². The lowest BCUT2D eigenvalue weighted by Gasteiger charge is -2.35. The maximum atomic E-state index is 12.4. The lowest BCUT2D eigenvalue weighted by atomic mass is 9.90. The van der Waals surface area contributed by atoms with Gasteiger partial charge in [-0.2, -0.15) is 0 Å². The van der Waals surface area contributed by atoms with Crippen LogP contribution in [0.15, 0.2) is 23.1 Å². The summed E-state index contributed by atoms with van der Waals surface area (Å²) in [5.41, 5.74) is -0.967. The fraction of sp³-hybridized carbons (Fsp3) is 0.632. The van der Waals surface area contributed by atoms with Gasteiger partial charge in [-0.3, -0.25) is 9.59 Å². The largest absolute Gasteiger partial charge is 0.444 e. The van der Waals surface area contributed by atoms with Crippen LogP contribution in [-0.4, -0.2) is 34.7 Å². The Balaban J connectivity index is 2.06. The molecule has 1 aliphatic carbocycles. The molecule has 0 unspecified atom stereocenters. The van der Waals surface area contributed by atoms with Gasteiger partial charge in [0.05, 0.1) is 11.1 Å². The molecular formula is C19H29N3O4. The number of pyridine rings is 1. The van der Waals surface area contributed by atoms with Crippen molar-refractivity contribution in [2.24, 2.45) is 0 Å². The van der Waals surface area contributed by atoms with Gasteiger partial charge < -0.3 is 20.4 Å². The monoisotopic (exact) mass is 363 g/mol. The zero-order chi connectivity index (χ0) is 19.2. The molecule has 144 valence electrons. The first-order valence-electron chi connectivity index (χ1n) is 9.17. The minimum Gasteiger partial charge on any atom is -0.444 e. The van der Waals surface area contributed by atoms with Gasteiger partial charge in [0.25, 0.3) is 5.91 Å².